The first-order chi connectivity index (χ1) is 5.75. The minimum atomic E-state index is -0.185. The molecule has 1 heterocycles. The summed E-state index contributed by atoms with van der Waals surface area (Å²) in [5.74, 6) is 0. The van der Waals surface area contributed by atoms with E-state index >= 15 is 0 Å². The number of rotatable bonds is 1. The Balaban J connectivity index is 2.42. The lowest BCUT2D eigenvalue weighted by atomic mass is 10.0. The smallest absolute Gasteiger partial charge is 0.375 e. The zero-order valence-corrected chi connectivity index (χ0v) is 8.39. The van der Waals surface area contributed by atoms with E-state index in [1.165, 1.54) is 6.42 Å². The lowest BCUT2D eigenvalue weighted by Gasteiger charge is -2.31. The van der Waals surface area contributed by atoms with Crippen LogP contribution in [0, 0.1) is 0 Å². The van der Waals surface area contributed by atoms with Crippen molar-refractivity contribution in [2.75, 3.05) is 12.8 Å². The first-order valence-corrected chi connectivity index (χ1v) is 5.42. The average Bonchev–Trinajstić information content (AvgIpc) is 2.05. The van der Waals surface area contributed by atoms with Crippen molar-refractivity contribution in [3.05, 3.63) is 0 Å². The molecule has 0 spiro atoms. The summed E-state index contributed by atoms with van der Waals surface area (Å²) >= 11 is 1.11. The minimum absolute atomic E-state index is 0.185. The molecule has 0 saturated carbocycles. The summed E-state index contributed by atoms with van der Waals surface area (Å²) < 4.78 is 4.86. The van der Waals surface area contributed by atoms with E-state index in [0.717, 1.165) is 31.4 Å². The fourth-order valence-corrected chi connectivity index (χ4v) is 1.73. The average molecular weight is 189 g/mol. The second-order valence-electron chi connectivity index (χ2n) is 3.05. The van der Waals surface area contributed by atoms with Crippen molar-refractivity contribution in [2.24, 2.45) is 0 Å². The topological polar surface area (TPSA) is 29.5 Å². The number of carbonyl (C=O) groups excluding carboxylic acids is 1. The Morgan fingerprint density at radius 3 is 2.92 bits per heavy atom. The van der Waals surface area contributed by atoms with Crippen LogP contribution in [0.5, 0.6) is 0 Å². The lowest BCUT2D eigenvalue weighted by molar-refractivity contribution is 0.125. The highest BCUT2D eigenvalue weighted by Crippen LogP contribution is 2.18. The maximum absolute atomic E-state index is 11.3. The van der Waals surface area contributed by atoms with Gasteiger partial charge in [0, 0.05) is 18.8 Å². The summed E-state index contributed by atoms with van der Waals surface area (Å²) in [6, 6.07) is 0.346. The fourth-order valence-electron chi connectivity index (χ4n) is 1.49. The van der Waals surface area contributed by atoms with Crippen molar-refractivity contribution in [1.29, 1.82) is 0 Å². The predicted octanol–water partition coefficient (Wildman–Crippen LogP) is 2.28. The number of piperidine rings is 1. The Hall–Kier alpha value is -0.380. The molecule has 1 unspecified atom stereocenters. The molecule has 12 heavy (non-hydrogen) atoms. The van der Waals surface area contributed by atoms with Crippen LogP contribution in [0.3, 0.4) is 0 Å². The summed E-state index contributed by atoms with van der Waals surface area (Å²) in [7, 11) is 0. The van der Waals surface area contributed by atoms with Gasteiger partial charge in [0.15, 0.2) is 0 Å². The van der Waals surface area contributed by atoms with E-state index in [1.54, 1.807) is 11.2 Å². The Kier molecular flexibility index (Phi) is 3.72. The van der Waals surface area contributed by atoms with Gasteiger partial charge < -0.3 is 9.08 Å². The minimum Gasteiger partial charge on any atom is -0.375 e. The van der Waals surface area contributed by atoms with Crippen molar-refractivity contribution in [3.63, 3.8) is 0 Å². The van der Waals surface area contributed by atoms with Gasteiger partial charge >= 0.3 is 6.09 Å². The summed E-state index contributed by atoms with van der Waals surface area (Å²) in [5, 5.41) is 0. The molecule has 0 aromatic carbocycles. The third kappa shape index (κ3) is 2.30. The maximum atomic E-state index is 11.3. The van der Waals surface area contributed by atoms with Crippen LogP contribution in [0.15, 0.2) is 0 Å². The normalized spacial score (nSPS) is 23.8. The van der Waals surface area contributed by atoms with Crippen LogP contribution >= 0.6 is 12.0 Å². The summed E-state index contributed by atoms with van der Waals surface area (Å²) in [6.45, 7) is 2.92. The largest absolute Gasteiger partial charge is 0.422 e. The van der Waals surface area contributed by atoms with Gasteiger partial charge in [-0.15, -0.1) is 0 Å². The van der Waals surface area contributed by atoms with Crippen LogP contribution in [0.4, 0.5) is 4.79 Å². The molecule has 4 heteroatoms. The van der Waals surface area contributed by atoms with Crippen LogP contribution in [0.2, 0.25) is 0 Å². The maximum Gasteiger partial charge on any atom is 0.422 e. The highest BCUT2D eigenvalue weighted by Gasteiger charge is 2.24. The number of likely N-dealkylation sites (tertiary alicyclic amines) is 1. The quantitative estimate of drug-likeness (QED) is 0.593. The monoisotopic (exact) mass is 189 g/mol. The van der Waals surface area contributed by atoms with Gasteiger partial charge in [0.2, 0.25) is 0 Å². The van der Waals surface area contributed by atoms with E-state index in [0.29, 0.717) is 6.04 Å². The van der Waals surface area contributed by atoms with Crippen LogP contribution in [-0.4, -0.2) is 29.8 Å². The Morgan fingerprint density at radius 2 is 2.33 bits per heavy atom. The second-order valence-corrected chi connectivity index (χ2v) is 3.55. The number of hydrogen-bond donors (Lipinski definition) is 0. The van der Waals surface area contributed by atoms with Gasteiger partial charge in [-0.05, 0) is 26.2 Å². The molecule has 0 radical (unpaired) electrons. The predicted molar refractivity (Wildman–Crippen MR) is 50.0 cm³/mol. The van der Waals surface area contributed by atoms with Crippen LogP contribution in [0.1, 0.15) is 26.2 Å². The highest BCUT2D eigenvalue weighted by molar-refractivity contribution is 7.94. The summed E-state index contributed by atoms with van der Waals surface area (Å²) in [4.78, 5) is 13.1. The first kappa shape index (κ1) is 9.71. The van der Waals surface area contributed by atoms with Gasteiger partial charge in [-0.2, -0.15) is 0 Å². The second kappa shape index (κ2) is 4.60. The van der Waals surface area contributed by atoms with E-state index in [4.69, 9.17) is 4.18 Å². The van der Waals surface area contributed by atoms with Gasteiger partial charge in [-0.25, -0.2) is 4.79 Å². The molecule has 1 fully saturated rings. The standard InChI is InChI=1S/C8H15NO2S/c1-7-5-3-4-6-9(7)8(10)11-12-2/h7H,3-6H2,1-2H3. The van der Waals surface area contributed by atoms with Crippen molar-refractivity contribution in [3.8, 4) is 0 Å². The molecule has 0 bridgehead atoms. The molecule has 70 valence electrons. The third-order valence-electron chi connectivity index (χ3n) is 2.19. The van der Waals surface area contributed by atoms with Crippen LogP contribution < -0.4 is 0 Å². The van der Waals surface area contributed by atoms with Crippen LogP contribution in [-0.2, 0) is 4.18 Å². The molecule has 1 saturated heterocycles. The summed E-state index contributed by atoms with van der Waals surface area (Å²) in [5.41, 5.74) is 0. The van der Waals surface area contributed by atoms with Crippen molar-refractivity contribution in [1.82, 2.24) is 4.90 Å². The Morgan fingerprint density at radius 1 is 1.58 bits per heavy atom. The number of amides is 1. The van der Waals surface area contributed by atoms with E-state index in [9.17, 15) is 4.79 Å². The summed E-state index contributed by atoms with van der Waals surface area (Å²) in [6.07, 6.45) is 5.00. The molecular weight excluding hydrogens is 174 g/mol. The highest BCUT2D eigenvalue weighted by atomic mass is 32.2. The van der Waals surface area contributed by atoms with Gasteiger partial charge in [0.1, 0.15) is 0 Å². The molecular formula is C8H15NO2S. The molecule has 1 amide bonds. The molecule has 1 aliphatic rings. The van der Waals surface area contributed by atoms with Gasteiger partial charge in [-0.3, -0.25) is 0 Å². The van der Waals surface area contributed by atoms with Crippen molar-refractivity contribution in [2.45, 2.75) is 32.2 Å². The fraction of sp³-hybridized carbons (Fsp3) is 0.875. The number of hydrogen-bond acceptors (Lipinski definition) is 3. The Bertz CT molecular complexity index is 163. The third-order valence-corrected chi connectivity index (χ3v) is 2.50. The SMILES string of the molecule is CSOC(=O)N1CCCCC1C. The molecule has 0 N–H and O–H groups in total. The molecule has 0 aliphatic carbocycles. The molecule has 3 nitrogen and oxygen atoms in total. The van der Waals surface area contributed by atoms with E-state index in [1.807, 2.05) is 0 Å². The zero-order chi connectivity index (χ0) is 8.97. The van der Waals surface area contributed by atoms with Gasteiger partial charge in [0.25, 0.3) is 0 Å². The molecule has 1 rings (SSSR count). The van der Waals surface area contributed by atoms with E-state index in [2.05, 4.69) is 6.92 Å². The first-order valence-electron chi connectivity index (χ1n) is 4.27. The number of nitrogens with zero attached hydrogens (tertiary/aromatic N) is 1. The molecule has 1 aliphatic heterocycles. The van der Waals surface area contributed by atoms with E-state index < -0.39 is 0 Å². The van der Waals surface area contributed by atoms with Crippen LogP contribution in [0.25, 0.3) is 0 Å². The lowest BCUT2D eigenvalue weighted by Crippen LogP contribution is -2.41. The molecule has 1 atom stereocenters. The molecule has 0 aromatic heterocycles. The van der Waals surface area contributed by atoms with Gasteiger partial charge in [0.05, 0.1) is 12.0 Å². The zero-order valence-electron chi connectivity index (χ0n) is 7.58. The van der Waals surface area contributed by atoms with E-state index in [-0.39, 0.29) is 6.09 Å². The molecule has 0 aromatic rings. The Labute approximate surface area is 77.7 Å². The number of carbonyl (C=O) groups is 1. The van der Waals surface area contributed by atoms with Gasteiger partial charge in [-0.1, -0.05) is 0 Å². The van der Waals surface area contributed by atoms with Crippen molar-refractivity contribution >= 4 is 18.1 Å². The van der Waals surface area contributed by atoms with Crippen molar-refractivity contribution < 1.29 is 8.98 Å².